The van der Waals surface area contributed by atoms with Crippen LogP contribution in [0.1, 0.15) is 23.7 Å². The first-order valence-electron chi connectivity index (χ1n) is 9.55. The number of anilines is 1. The number of morpholine rings is 1. The Balaban J connectivity index is 1.58. The zero-order chi connectivity index (χ0) is 19.6. The second-order valence-corrected chi connectivity index (χ2v) is 6.22. The largest absolute Gasteiger partial charge is 0.436 e. The summed E-state index contributed by atoms with van der Waals surface area (Å²) in [7, 11) is 0. The molecule has 28 heavy (non-hydrogen) atoms. The van der Waals surface area contributed by atoms with Crippen molar-refractivity contribution in [2.45, 2.75) is 13.3 Å². The number of hydrogen-bond acceptors (Lipinski definition) is 7. The minimum atomic E-state index is -0.114. The molecule has 2 aromatic rings. The topological polar surface area (TPSA) is 85.8 Å². The van der Waals surface area contributed by atoms with E-state index in [1.54, 1.807) is 36.7 Å². The summed E-state index contributed by atoms with van der Waals surface area (Å²) < 4.78 is 16.6. The van der Waals surface area contributed by atoms with E-state index in [9.17, 15) is 4.79 Å². The monoisotopic (exact) mass is 386 g/mol. The van der Waals surface area contributed by atoms with E-state index < -0.39 is 0 Å². The first-order valence-corrected chi connectivity index (χ1v) is 9.55. The van der Waals surface area contributed by atoms with E-state index >= 15 is 0 Å². The molecule has 1 aliphatic rings. The van der Waals surface area contributed by atoms with Gasteiger partial charge in [0, 0.05) is 50.8 Å². The van der Waals surface area contributed by atoms with Gasteiger partial charge in [0.1, 0.15) is 5.75 Å². The van der Waals surface area contributed by atoms with Crippen molar-refractivity contribution in [1.82, 2.24) is 15.3 Å². The molecule has 8 nitrogen and oxygen atoms in total. The number of nitrogens with one attached hydrogen (secondary N) is 1. The molecular formula is C20H26N4O4. The number of carbonyl (C=O) groups is 1. The average Bonchev–Trinajstić information content (AvgIpc) is 2.75. The lowest BCUT2D eigenvalue weighted by atomic mass is 10.2. The summed E-state index contributed by atoms with van der Waals surface area (Å²) in [5, 5.41) is 2.88. The van der Waals surface area contributed by atoms with E-state index in [0.29, 0.717) is 56.0 Å². The van der Waals surface area contributed by atoms with Crippen LogP contribution in [0.4, 0.5) is 5.82 Å². The highest BCUT2D eigenvalue weighted by Crippen LogP contribution is 2.28. The van der Waals surface area contributed by atoms with Gasteiger partial charge in [0.15, 0.2) is 5.82 Å². The van der Waals surface area contributed by atoms with Gasteiger partial charge in [0.05, 0.1) is 13.2 Å². The van der Waals surface area contributed by atoms with E-state index in [1.165, 1.54) is 0 Å². The third-order valence-corrected chi connectivity index (χ3v) is 4.24. The van der Waals surface area contributed by atoms with Gasteiger partial charge in [0.2, 0.25) is 0 Å². The molecule has 1 amide bonds. The van der Waals surface area contributed by atoms with Crippen LogP contribution in [0.15, 0.2) is 36.7 Å². The first-order chi connectivity index (χ1) is 13.8. The van der Waals surface area contributed by atoms with Gasteiger partial charge in [-0.3, -0.25) is 4.79 Å². The maximum Gasteiger partial charge on any atom is 0.263 e. The fourth-order valence-electron chi connectivity index (χ4n) is 2.79. The third kappa shape index (κ3) is 5.64. The number of aromatic nitrogens is 2. The summed E-state index contributed by atoms with van der Waals surface area (Å²) in [5.74, 6) is 1.62. The smallest absolute Gasteiger partial charge is 0.263 e. The molecule has 1 aromatic carbocycles. The van der Waals surface area contributed by atoms with Gasteiger partial charge < -0.3 is 24.4 Å². The number of carbonyl (C=O) groups excluding carboxylic acids is 1. The Bertz CT molecular complexity index is 748. The predicted octanol–water partition coefficient (Wildman–Crippen LogP) is 2.26. The van der Waals surface area contributed by atoms with Gasteiger partial charge in [-0.2, -0.15) is 0 Å². The maximum atomic E-state index is 12.2. The Morgan fingerprint density at radius 1 is 1.18 bits per heavy atom. The van der Waals surface area contributed by atoms with Crippen molar-refractivity contribution in [2.24, 2.45) is 0 Å². The number of rotatable bonds is 9. The maximum absolute atomic E-state index is 12.2. The van der Waals surface area contributed by atoms with Gasteiger partial charge in [0.25, 0.3) is 11.8 Å². The fourth-order valence-corrected chi connectivity index (χ4v) is 2.79. The van der Waals surface area contributed by atoms with Crippen molar-refractivity contribution in [1.29, 1.82) is 0 Å². The Morgan fingerprint density at radius 2 is 1.93 bits per heavy atom. The van der Waals surface area contributed by atoms with E-state index in [0.717, 1.165) is 19.5 Å². The molecule has 1 fully saturated rings. The first kappa shape index (κ1) is 20.0. The number of nitrogens with zero attached hydrogens (tertiary/aromatic N) is 3. The summed E-state index contributed by atoms with van der Waals surface area (Å²) in [6.07, 6.45) is 4.04. The third-order valence-electron chi connectivity index (χ3n) is 4.24. The molecule has 2 heterocycles. The van der Waals surface area contributed by atoms with Gasteiger partial charge in [-0.15, -0.1) is 0 Å². The Labute approximate surface area is 164 Å². The van der Waals surface area contributed by atoms with Crippen molar-refractivity contribution >= 4 is 11.7 Å². The highest BCUT2D eigenvalue weighted by molar-refractivity contribution is 5.94. The molecule has 1 saturated heterocycles. The van der Waals surface area contributed by atoms with Gasteiger partial charge in [-0.25, -0.2) is 9.97 Å². The molecule has 1 aromatic heterocycles. The second-order valence-electron chi connectivity index (χ2n) is 6.22. The number of ether oxygens (including phenoxy) is 3. The highest BCUT2D eigenvalue weighted by atomic mass is 16.5. The van der Waals surface area contributed by atoms with Crippen molar-refractivity contribution in [3.63, 3.8) is 0 Å². The zero-order valence-electron chi connectivity index (χ0n) is 16.1. The summed E-state index contributed by atoms with van der Waals surface area (Å²) in [4.78, 5) is 23.0. The molecule has 0 unspecified atom stereocenters. The molecule has 3 rings (SSSR count). The Kier molecular flexibility index (Phi) is 7.57. The summed E-state index contributed by atoms with van der Waals surface area (Å²) >= 11 is 0. The van der Waals surface area contributed by atoms with Crippen molar-refractivity contribution in [3.05, 3.63) is 42.2 Å². The van der Waals surface area contributed by atoms with Crippen LogP contribution in [0, 0.1) is 0 Å². The molecule has 0 atom stereocenters. The summed E-state index contributed by atoms with van der Waals surface area (Å²) in [6.45, 7) is 6.68. The molecule has 8 heteroatoms. The van der Waals surface area contributed by atoms with Crippen LogP contribution in [-0.4, -0.2) is 61.9 Å². The number of benzene rings is 1. The minimum Gasteiger partial charge on any atom is -0.436 e. The SMILES string of the molecule is CCOCCCNC(=O)c1ccc(Oc2nccnc2N2CCOCC2)cc1. The lowest BCUT2D eigenvalue weighted by Gasteiger charge is -2.28. The van der Waals surface area contributed by atoms with E-state index in [1.807, 2.05) is 6.92 Å². The lowest BCUT2D eigenvalue weighted by Crippen LogP contribution is -2.37. The normalized spacial score (nSPS) is 14.0. The van der Waals surface area contributed by atoms with Crippen LogP contribution >= 0.6 is 0 Å². The molecule has 150 valence electrons. The molecule has 0 bridgehead atoms. The number of amides is 1. The van der Waals surface area contributed by atoms with Crippen LogP contribution in [0.25, 0.3) is 0 Å². The molecule has 0 spiro atoms. The second kappa shape index (κ2) is 10.6. The number of hydrogen-bond donors (Lipinski definition) is 1. The van der Waals surface area contributed by atoms with Crippen LogP contribution in [0.3, 0.4) is 0 Å². The predicted molar refractivity (Wildman–Crippen MR) is 105 cm³/mol. The van der Waals surface area contributed by atoms with Gasteiger partial charge in [-0.1, -0.05) is 0 Å². The van der Waals surface area contributed by atoms with Crippen LogP contribution in [-0.2, 0) is 9.47 Å². The highest BCUT2D eigenvalue weighted by Gasteiger charge is 2.18. The van der Waals surface area contributed by atoms with E-state index in [4.69, 9.17) is 14.2 Å². The molecule has 1 N–H and O–H groups in total. The fraction of sp³-hybridized carbons (Fsp3) is 0.450. The Hall–Kier alpha value is -2.71. The van der Waals surface area contributed by atoms with Crippen LogP contribution < -0.4 is 15.0 Å². The molecule has 0 radical (unpaired) electrons. The lowest BCUT2D eigenvalue weighted by molar-refractivity contribution is 0.0944. The van der Waals surface area contributed by atoms with E-state index in [2.05, 4.69) is 20.2 Å². The molecular weight excluding hydrogens is 360 g/mol. The molecule has 0 saturated carbocycles. The standard InChI is InChI=1S/C20H26N4O4/c1-2-26-13-3-8-22-19(25)16-4-6-17(7-5-16)28-20-18(21-9-10-23-20)24-11-14-27-15-12-24/h4-7,9-10H,2-3,8,11-15H2,1H3,(H,22,25). The van der Waals surface area contributed by atoms with Crippen LogP contribution in [0.5, 0.6) is 11.6 Å². The van der Waals surface area contributed by atoms with Crippen molar-refractivity contribution in [3.8, 4) is 11.6 Å². The molecule has 1 aliphatic heterocycles. The average molecular weight is 386 g/mol. The van der Waals surface area contributed by atoms with Crippen LogP contribution in [0.2, 0.25) is 0 Å². The van der Waals surface area contributed by atoms with Crippen molar-refractivity contribution < 1.29 is 19.0 Å². The quantitative estimate of drug-likeness (QED) is 0.662. The van der Waals surface area contributed by atoms with Crippen molar-refractivity contribution in [2.75, 3.05) is 51.0 Å². The van der Waals surface area contributed by atoms with Gasteiger partial charge >= 0.3 is 0 Å². The Morgan fingerprint density at radius 3 is 2.68 bits per heavy atom. The molecule has 0 aliphatic carbocycles. The van der Waals surface area contributed by atoms with Gasteiger partial charge in [-0.05, 0) is 37.6 Å². The minimum absolute atomic E-state index is 0.114. The summed E-state index contributed by atoms with van der Waals surface area (Å²) in [6, 6.07) is 6.98. The zero-order valence-corrected chi connectivity index (χ0v) is 16.1. The van der Waals surface area contributed by atoms with E-state index in [-0.39, 0.29) is 5.91 Å². The summed E-state index contributed by atoms with van der Waals surface area (Å²) in [5.41, 5.74) is 0.580.